The molecule has 1 aliphatic heterocycles. The molecule has 3 aromatic rings. The number of fused-ring (bicyclic) bond motifs is 1. The lowest BCUT2D eigenvalue weighted by Gasteiger charge is -2.32. The van der Waals surface area contributed by atoms with Crippen LogP contribution >= 0.6 is 0 Å². The zero-order valence-corrected chi connectivity index (χ0v) is 19.8. The Hall–Kier alpha value is -3.34. The number of anilines is 1. The number of esters is 1. The van der Waals surface area contributed by atoms with Crippen molar-refractivity contribution in [2.75, 3.05) is 24.6 Å². The van der Waals surface area contributed by atoms with E-state index in [1.807, 2.05) is 0 Å². The summed E-state index contributed by atoms with van der Waals surface area (Å²) in [4.78, 5) is 14.0. The quantitative estimate of drug-likeness (QED) is 0.353. The van der Waals surface area contributed by atoms with Crippen molar-refractivity contribution in [3.05, 3.63) is 94.8 Å². The molecule has 0 atom stereocenters. The predicted molar refractivity (Wildman–Crippen MR) is 133 cm³/mol. The zero-order chi connectivity index (χ0) is 23.8. The van der Waals surface area contributed by atoms with Crippen LogP contribution in [-0.4, -0.2) is 25.7 Å². The van der Waals surface area contributed by atoms with Gasteiger partial charge in [-0.1, -0.05) is 48.5 Å². The van der Waals surface area contributed by atoms with E-state index < -0.39 is 0 Å². The van der Waals surface area contributed by atoms with E-state index in [4.69, 9.17) is 9.47 Å². The second-order valence-corrected chi connectivity index (χ2v) is 8.59. The molecule has 1 heterocycles. The van der Waals surface area contributed by atoms with Crippen LogP contribution in [0.3, 0.4) is 0 Å². The predicted octanol–water partition coefficient (Wildman–Crippen LogP) is 5.90. The van der Waals surface area contributed by atoms with Gasteiger partial charge in [-0.05, 0) is 67.0 Å². The lowest BCUT2D eigenvalue weighted by atomic mass is 9.96. The maximum atomic E-state index is 14.5. The van der Waals surface area contributed by atoms with Crippen molar-refractivity contribution in [2.24, 2.45) is 0 Å². The Kier molecular flexibility index (Phi) is 8.18. The van der Waals surface area contributed by atoms with E-state index in [2.05, 4.69) is 53.4 Å². The van der Waals surface area contributed by atoms with Crippen LogP contribution in [0, 0.1) is 5.82 Å². The van der Waals surface area contributed by atoms with Gasteiger partial charge in [0.05, 0.1) is 6.61 Å². The smallest absolute Gasteiger partial charge is 0.306 e. The molecule has 0 saturated carbocycles. The van der Waals surface area contributed by atoms with Gasteiger partial charge in [-0.2, -0.15) is 0 Å². The van der Waals surface area contributed by atoms with Gasteiger partial charge in [0.1, 0.15) is 18.2 Å². The van der Waals surface area contributed by atoms with E-state index in [1.165, 1.54) is 22.9 Å². The molecule has 0 aliphatic carbocycles. The number of nitrogens with zero attached hydrogens (tertiary/aromatic N) is 1. The Morgan fingerprint density at radius 1 is 1.00 bits per heavy atom. The Morgan fingerprint density at radius 2 is 1.85 bits per heavy atom. The maximum absolute atomic E-state index is 14.5. The van der Waals surface area contributed by atoms with Gasteiger partial charge in [0.25, 0.3) is 0 Å². The van der Waals surface area contributed by atoms with Gasteiger partial charge in [-0.15, -0.1) is 0 Å². The number of halogens is 1. The molecule has 0 bridgehead atoms. The average molecular weight is 462 g/mol. The minimum Gasteiger partial charge on any atom is -0.489 e. The third-order valence-corrected chi connectivity index (χ3v) is 6.28. The summed E-state index contributed by atoms with van der Waals surface area (Å²) in [6, 6.07) is 21.8. The molecule has 0 unspecified atom stereocenters. The standard InChI is InChI=1S/C29H32FNO3/c1-2-33-29(32)16-14-23-13-15-25(20-27(23)30)34-21-24-10-6-12-28-26(24)11-7-18-31(28)19-17-22-8-4-3-5-9-22/h3-6,8-10,12-13,15,20H,2,7,11,14,16-19,21H2,1H3. The summed E-state index contributed by atoms with van der Waals surface area (Å²) in [7, 11) is 0. The fourth-order valence-electron chi connectivity index (χ4n) is 4.50. The molecule has 0 radical (unpaired) electrons. The first-order chi connectivity index (χ1) is 16.6. The second kappa shape index (κ2) is 11.7. The minimum absolute atomic E-state index is 0.169. The van der Waals surface area contributed by atoms with Crippen LogP contribution in [0.1, 0.15) is 42.0 Å². The van der Waals surface area contributed by atoms with Crippen LogP contribution < -0.4 is 9.64 Å². The summed E-state index contributed by atoms with van der Waals surface area (Å²) < 4.78 is 25.4. The summed E-state index contributed by atoms with van der Waals surface area (Å²) in [6.07, 6.45) is 3.64. The van der Waals surface area contributed by atoms with Crippen molar-refractivity contribution in [1.82, 2.24) is 0 Å². The normalized spacial score (nSPS) is 12.8. The summed E-state index contributed by atoms with van der Waals surface area (Å²) in [5.41, 5.74) is 5.60. The molecule has 0 aromatic heterocycles. The summed E-state index contributed by atoms with van der Waals surface area (Å²) in [5, 5.41) is 0. The van der Waals surface area contributed by atoms with Crippen molar-refractivity contribution in [3.8, 4) is 5.75 Å². The first-order valence-corrected chi connectivity index (χ1v) is 12.1. The van der Waals surface area contributed by atoms with Gasteiger partial charge < -0.3 is 14.4 Å². The molecule has 3 aromatic carbocycles. The largest absolute Gasteiger partial charge is 0.489 e. The molecule has 34 heavy (non-hydrogen) atoms. The van der Waals surface area contributed by atoms with Gasteiger partial charge in [-0.25, -0.2) is 4.39 Å². The third kappa shape index (κ3) is 6.16. The zero-order valence-electron chi connectivity index (χ0n) is 19.8. The molecule has 0 saturated heterocycles. The highest BCUT2D eigenvalue weighted by Crippen LogP contribution is 2.31. The van der Waals surface area contributed by atoms with Crippen molar-refractivity contribution in [2.45, 2.75) is 45.6 Å². The van der Waals surface area contributed by atoms with E-state index in [9.17, 15) is 9.18 Å². The molecule has 178 valence electrons. The number of carbonyl (C=O) groups excluding carboxylic acids is 1. The van der Waals surface area contributed by atoms with Crippen LogP contribution in [-0.2, 0) is 35.4 Å². The summed E-state index contributed by atoms with van der Waals surface area (Å²) in [5.74, 6) is -0.176. The van der Waals surface area contributed by atoms with Crippen LogP contribution in [0.4, 0.5) is 10.1 Å². The SMILES string of the molecule is CCOC(=O)CCc1ccc(OCc2cccc3c2CCCN3CCc2ccccc2)cc1F. The van der Waals surface area contributed by atoms with Gasteiger partial charge in [0, 0.05) is 31.3 Å². The van der Waals surface area contributed by atoms with E-state index >= 15 is 0 Å². The summed E-state index contributed by atoms with van der Waals surface area (Å²) >= 11 is 0. The lowest BCUT2D eigenvalue weighted by Crippen LogP contribution is -2.31. The number of ether oxygens (including phenoxy) is 2. The van der Waals surface area contributed by atoms with E-state index in [0.29, 0.717) is 30.9 Å². The van der Waals surface area contributed by atoms with Crippen molar-refractivity contribution in [3.63, 3.8) is 0 Å². The van der Waals surface area contributed by atoms with Crippen LogP contribution in [0.5, 0.6) is 5.75 Å². The Bertz CT molecular complexity index is 1100. The monoisotopic (exact) mass is 461 g/mol. The summed E-state index contributed by atoms with van der Waals surface area (Å²) in [6.45, 7) is 4.54. The van der Waals surface area contributed by atoms with Gasteiger partial charge in [-0.3, -0.25) is 4.79 Å². The molecular formula is C29H32FNO3. The lowest BCUT2D eigenvalue weighted by molar-refractivity contribution is -0.143. The second-order valence-electron chi connectivity index (χ2n) is 8.59. The topological polar surface area (TPSA) is 38.8 Å². The maximum Gasteiger partial charge on any atom is 0.306 e. The highest BCUT2D eigenvalue weighted by Gasteiger charge is 2.19. The Labute approximate surface area is 201 Å². The van der Waals surface area contributed by atoms with Crippen molar-refractivity contribution < 1.29 is 18.7 Å². The van der Waals surface area contributed by atoms with Gasteiger partial charge in [0.15, 0.2) is 0 Å². The number of hydrogen-bond acceptors (Lipinski definition) is 4. The molecule has 1 aliphatic rings. The average Bonchev–Trinajstić information content (AvgIpc) is 2.86. The number of hydrogen-bond donors (Lipinski definition) is 0. The molecule has 5 heteroatoms. The highest BCUT2D eigenvalue weighted by molar-refractivity contribution is 5.69. The molecule has 4 nitrogen and oxygen atoms in total. The molecule has 0 spiro atoms. The molecule has 0 N–H and O–H groups in total. The van der Waals surface area contributed by atoms with Crippen LogP contribution in [0.2, 0.25) is 0 Å². The van der Waals surface area contributed by atoms with Crippen molar-refractivity contribution >= 4 is 11.7 Å². The first kappa shape index (κ1) is 23.8. The molecular weight excluding hydrogens is 429 g/mol. The van der Waals surface area contributed by atoms with Crippen LogP contribution in [0.15, 0.2) is 66.7 Å². The Morgan fingerprint density at radius 3 is 2.65 bits per heavy atom. The van der Waals surface area contributed by atoms with Crippen LogP contribution in [0.25, 0.3) is 0 Å². The minimum atomic E-state index is -0.357. The fraction of sp³-hybridized carbons (Fsp3) is 0.345. The van der Waals surface area contributed by atoms with E-state index in [1.54, 1.807) is 19.1 Å². The van der Waals surface area contributed by atoms with Crippen molar-refractivity contribution in [1.29, 1.82) is 0 Å². The highest BCUT2D eigenvalue weighted by atomic mass is 19.1. The third-order valence-electron chi connectivity index (χ3n) is 6.28. The van der Waals surface area contributed by atoms with E-state index in [0.717, 1.165) is 37.9 Å². The number of rotatable bonds is 10. The first-order valence-electron chi connectivity index (χ1n) is 12.1. The van der Waals surface area contributed by atoms with E-state index in [-0.39, 0.29) is 18.2 Å². The Balaban J connectivity index is 1.38. The van der Waals surface area contributed by atoms with Gasteiger partial charge in [0.2, 0.25) is 0 Å². The molecule has 0 amide bonds. The number of carbonyl (C=O) groups is 1. The molecule has 4 rings (SSSR count). The number of aryl methyl sites for hydroxylation is 1. The molecule has 0 fully saturated rings. The number of benzene rings is 3. The van der Waals surface area contributed by atoms with Gasteiger partial charge >= 0.3 is 5.97 Å². The fourth-order valence-corrected chi connectivity index (χ4v) is 4.50.